The average Bonchev–Trinajstić information content (AvgIpc) is 2.30. The molecule has 0 aliphatic carbocycles. The molecule has 0 amide bonds. The summed E-state index contributed by atoms with van der Waals surface area (Å²) in [6.45, 7) is 1.48. The van der Waals surface area contributed by atoms with Gasteiger partial charge < -0.3 is 15.4 Å². The van der Waals surface area contributed by atoms with Gasteiger partial charge in [0.25, 0.3) is 0 Å². The van der Waals surface area contributed by atoms with Crippen molar-refractivity contribution in [2.45, 2.75) is 0 Å². The van der Waals surface area contributed by atoms with Gasteiger partial charge in [0.2, 0.25) is 0 Å². The zero-order valence-corrected chi connectivity index (χ0v) is 11.4. The van der Waals surface area contributed by atoms with Gasteiger partial charge in [-0.15, -0.1) is 0 Å². The van der Waals surface area contributed by atoms with Crippen LogP contribution in [-0.2, 0) is 0 Å². The number of nitrogens with one attached hydrogen (secondary N) is 1. The molecule has 1 aromatic rings. The summed E-state index contributed by atoms with van der Waals surface area (Å²) in [6.07, 6.45) is 1.63. The van der Waals surface area contributed by atoms with Crippen LogP contribution in [0.25, 0.3) is 0 Å². The molecule has 0 aliphatic heterocycles. The fourth-order valence-electron chi connectivity index (χ4n) is 1.22. The van der Waals surface area contributed by atoms with E-state index in [1.54, 1.807) is 6.21 Å². The molecule has 0 saturated heterocycles. The number of benzene rings is 1. The maximum atomic E-state index is 5.68. The van der Waals surface area contributed by atoms with Crippen LogP contribution in [0.5, 0.6) is 5.75 Å². The summed E-state index contributed by atoms with van der Waals surface area (Å²) in [4.78, 5) is 2.06. The van der Waals surface area contributed by atoms with Crippen LogP contribution < -0.4 is 15.9 Å². The van der Waals surface area contributed by atoms with Crippen LogP contribution in [0.1, 0.15) is 5.56 Å². The van der Waals surface area contributed by atoms with E-state index in [0.717, 1.165) is 17.9 Å². The van der Waals surface area contributed by atoms with E-state index in [9.17, 15) is 0 Å². The van der Waals surface area contributed by atoms with Crippen molar-refractivity contribution in [3.05, 3.63) is 29.8 Å². The van der Waals surface area contributed by atoms with Gasteiger partial charge >= 0.3 is 0 Å². The number of hydrogen-bond donors (Lipinski definition) is 2. The molecule has 1 aromatic carbocycles. The SMILES string of the molecule is CN(C)CCOc1ccccc1C=NNC(N)=S. The van der Waals surface area contributed by atoms with E-state index in [4.69, 9.17) is 10.5 Å². The minimum absolute atomic E-state index is 0.136. The molecule has 18 heavy (non-hydrogen) atoms. The first-order valence-corrected chi connectivity index (χ1v) is 5.95. The standard InChI is InChI=1S/C12H18N4OS/c1-16(2)7-8-17-11-6-4-3-5-10(11)9-14-15-12(13)18/h3-6,9H,7-8H2,1-2H3,(H3,13,15,18). The van der Waals surface area contributed by atoms with Gasteiger partial charge in [-0.1, -0.05) is 12.1 Å². The van der Waals surface area contributed by atoms with Crippen LogP contribution >= 0.6 is 12.2 Å². The molecular weight excluding hydrogens is 248 g/mol. The molecule has 0 atom stereocenters. The third-order valence-electron chi connectivity index (χ3n) is 2.09. The maximum Gasteiger partial charge on any atom is 0.184 e. The number of nitrogens with two attached hydrogens (primary N) is 1. The Labute approximate surface area is 113 Å². The molecule has 0 unspecified atom stereocenters. The van der Waals surface area contributed by atoms with Crippen molar-refractivity contribution >= 4 is 23.5 Å². The van der Waals surface area contributed by atoms with Crippen molar-refractivity contribution in [3.63, 3.8) is 0 Å². The minimum Gasteiger partial charge on any atom is -0.492 e. The van der Waals surface area contributed by atoms with Crippen LogP contribution in [0.4, 0.5) is 0 Å². The Bertz CT molecular complexity index is 420. The van der Waals surface area contributed by atoms with Crippen LogP contribution in [-0.4, -0.2) is 43.5 Å². The number of likely N-dealkylation sites (N-methyl/N-ethyl adjacent to an activating group) is 1. The smallest absolute Gasteiger partial charge is 0.184 e. The molecule has 0 aliphatic rings. The molecule has 3 N–H and O–H groups in total. The molecule has 0 radical (unpaired) electrons. The first kappa shape index (κ1) is 14.4. The van der Waals surface area contributed by atoms with E-state index in [-0.39, 0.29) is 5.11 Å². The molecule has 5 nitrogen and oxygen atoms in total. The quantitative estimate of drug-likeness (QED) is 0.453. The zero-order valence-electron chi connectivity index (χ0n) is 10.6. The van der Waals surface area contributed by atoms with Gasteiger partial charge in [0, 0.05) is 12.1 Å². The Kier molecular flexibility index (Phi) is 6.10. The summed E-state index contributed by atoms with van der Waals surface area (Å²) >= 11 is 4.66. The van der Waals surface area contributed by atoms with Gasteiger partial charge in [-0.05, 0) is 38.4 Å². The third kappa shape index (κ3) is 5.60. The monoisotopic (exact) mass is 266 g/mol. The van der Waals surface area contributed by atoms with E-state index in [1.165, 1.54) is 0 Å². The van der Waals surface area contributed by atoms with E-state index < -0.39 is 0 Å². The fraction of sp³-hybridized carbons (Fsp3) is 0.333. The molecule has 6 heteroatoms. The Morgan fingerprint density at radius 2 is 2.22 bits per heavy atom. The molecule has 0 heterocycles. The highest BCUT2D eigenvalue weighted by molar-refractivity contribution is 7.80. The molecule has 0 aromatic heterocycles. The second kappa shape index (κ2) is 7.62. The lowest BCUT2D eigenvalue weighted by Crippen LogP contribution is -2.24. The molecule has 1 rings (SSSR count). The number of ether oxygens (including phenoxy) is 1. The van der Waals surface area contributed by atoms with Crippen molar-refractivity contribution in [1.29, 1.82) is 0 Å². The van der Waals surface area contributed by atoms with E-state index in [0.29, 0.717) is 6.61 Å². The van der Waals surface area contributed by atoms with Crippen LogP contribution in [0.3, 0.4) is 0 Å². The van der Waals surface area contributed by atoms with Gasteiger partial charge in [-0.3, -0.25) is 5.43 Å². The predicted octanol–water partition coefficient (Wildman–Crippen LogP) is 0.794. The maximum absolute atomic E-state index is 5.68. The summed E-state index contributed by atoms with van der Waals surface area (Å²) in [5, 5.41) is 4.05. The number of rotatable bonds is 6. The molecule has 0 saturated carbocycles. The van der Waals surface area contributed by atoms with E-state index in [2.05, 4.69) is 27.6 Å². The second-order valence-electron chi connectivity index (χ2n) is 3.92. The topological polar surface area (TPSA) is 62.9 Å². The third-order valence-corrected chi connectivity index (χ3v) is 2.18. The van der Waals surface area contributed by atoms with Gasteiger partial charge in [0.15, 0.2) is 5.11 Å². The molecule has 98 valence electrons. The van der Waals surface area contributed by atoms with E-state index >= 15 is 0 Å². The predicted molar refractivity (Wildman–Crippen MR) is 78.0 cm³/mol. The van der Waals surface area contributed by atoms with Gasteiger partial charge in [0.1, 0.15) is 12.4 Å². The van der Waals surface area contributed by atoms with Crippen LogP contribution in [0.2, 0.25) is 0 Å². The molecule has 0 fully saturated rings. The average molecular weight is 266 g/mol. The molecule has 0 bridgehead atoms. The Morgan fingerprint density at radius 1 is 1.50 bits per heavy atom. The number of thiocarbonyl (C=S) groups is 1. The van der Waals surface area contributed by atoms with Crippen molar-refractivity contribution in [2.24, 2.45) is 10.8 Å². The highest BCUT2D eigenvalue weighted by Crippen LogP contribution is 2.15. The van der Waals surface area contributed by atoms with Crippen LogP contribution in [0, 0.1) is 0 Å². The Hall–Kier alpha value is -1.66. The number of hydrogen-bond acceptors (Lipinski definition) is 4. The number of para-hydroxylation sites is 1. The normalized spacial score (nSPS) is 10.8. The molecular formula is C12H18N4OS. The van der Waals surface area contributed by atoms with Crippen molar-refractivity contribution in [3.8, 4) is 5.75 Å². The summed E-state index contributed by atoms with van der Waals surface area (Å²) in [5.41, 5.74) is 8.66. The lowest BCUT2D eigenvalue weighted by molar-refractivity contribution is 0.261. The Balaban J connectivity index is 2.61. The lowest BCUT2D eigenvalue weighted by Gasteiger charge is -2.12. The largest absolute Gasteiger partial charge is 0.492 e. The second-order valence-corrected chi connectivity index (χ2v) is 4.36. The number of nitrogens with zero attached hydrogens (tertiary/aromatic N) is 2. The first-order valence-electron chi connectivity index (χ1n) is 5.54. The van der Waals surface area contributed by atoms with Gasteiger partial charge in [-0.2, -0.15) is 5.10 Å². The highest BCUT2D eigenvalue weighted by Gasteiger charge is 2.00. The minimum atomic E-state index is 0.136. The van der Waals surface area contributed by atoms with Gasteiger partial charge in [-0.25, -0.2) is 0 Å². The van der Waals surface area contributed by atoms with Crippen LogP contribution in [0.15, 0.2) is 29.4 Å². The summed E-state index contributed by atoms with van der Waals surface area (Å²) < 4.78 is 5.68. The van der Waals surface area contributed by atoms with Gasteiger partial charge in [0.05, 0.1) is 6.21 Å². The van der Waals surface area contributed by atoms with Crippen molar-refractivity contribution in [1.82, 2.24) is 10.3 Å². The van der Waals surface area contributed by atoms with Crippen molar-refractivity contribution in [2.75, 3.05) is 27.2 Å². The summed E-state index contributed by atoms with van der Waals surface area (Å²) in [5.74, 6) is 0.785. The highest BCUT2D eigenvalue weighted by atomic mass is 32.1. The summed E-state index contributed by atoms with van der Waals surface area (Å²) in [7, 11) is 4.01. The summed E-state index contributed by atoms with van der Waals surface area (Å²) in [6, 6.07) is 7.65. The fourth-order valence-corrected chi connectivity index (χ4v) is 1.27. The Morgan fingerprint density at radius 3 is 2.89 bits per heavy atom. The first-order chi connectivity index (χ1) is 8.59. The zero-order chi connectivity index (χ0) is 13.4. The van der Waals surface area contributed by atoms with Crippen molar-refractivity contribution < 1.29 is 4.74 Å². The number of hydrazone groups is 1. The van der Waals surface area contributed by atoms with E-state index in [1.807, 2.05) is 38.4 Å². The molecule has 0 spiro atoms. The lowest BCUT2D eigenvalue weighted by atomic mass is 10.2.